The van der Waals surface area contributed by atoms with Gasteiger partial charge < -0.3 is 15.0 Å². The number of hydrogen-bond acceptors (Lipinski definition) is 3. The Morgan fingerprint density at radius 1 is 1.25 bits per heavy atom. The fourth-order valence-electron chi connectivity index (χ4n) is 2.86. The maximum atomic E-state index is 12.2. The maximum Gasteiger partial charge on any atom is 0.253 e. The Kier molecular flexibility index (Phi) is 4.51. The van der Waals surface area contributed by atoms with E-state index in [0.29, 0.717) is 6.54 Å². The molecule has 1 N–H and O–H groups in total. The zero-order chi connectivity index (χ0) is 17.1. The molecule has 3 rings (SSSR count). The molecule has 0 saturated heterocycles. The van der Waals surface area contributed by atoms with Crippen molar-refractivity contribution < 1.29 is 14.3 Å². The molecule has 0 atom stereocenters. The normalized spacial score (nSPS) is 13.4. The Bertz CT molecular complexity index is 786. The Hall–Kier alpha value is -2.82. The molecule has 0 fully saturated rings. The van der Waals surface area contributed by atoms with Gasteiger partial charge in [0, 0.05) is 24.8 Å². The van der Waals surface area contributed by atoms with Gasteiger partial charge in [-0.2, -0.15) is 0 Å². The molecule has 0 aliphatic carbocycles. The van der Waals surface area contributed by atoms with Crippen LogP contribution in [0, 0.1) is 0 Å². The van der Waals surface area contributed by atoms with E-state index in [0.717, 1.165) is 34.5 Å². The van der Waals surface area contributed by atoms with Crippen LogP contribution < -0.4 is 10.1 Å². The van der Waals surface area contributed by atoms with E-state index in [9.17, 15) is 9.59 Å². The monoisotopic (exact) mass is 324 g/mol. The number of fused-ring (bicyclic) bond motifs is 1. The highest BCUT2D eigenvalue weighted by molar-refractivity contribution is 5.98. The van der Waals surface area contributed by atoms with E-state index in [1.54, 1.807) is 31.2 Å². The molecule has 0 radical (unpaired) electrons. The number of benzene rings is 2. The fraction of sp³-hybridized carbons (Fsp3) is 0.263. The van der Waals surface area contributed by atoms with Crippen molar-refractivity contribution >= 4 is 17.5 Å². The van der Waals surface area contributed by atoms with Gasteiger partial charge in [-0.05, 0) is 47.9 Å². The van der Waals surface area contributed by atoms with E-state index in [4.69, 9.17) is 4.74 Å². The van der Waals surface area contributed by atoms with Crippen molar-refractivity contribution in [3.05, 3.63) is 59.2 Å². The fourth-order valence-corrected chi connectivity index (χ4v) is 2.86. The number of carbonyl (C=O) groups is 2. The van der Waals surface area contributed by atoms with Crippen LogP contribution >= 0.6 is 0 Å². The van der Waals surface area contributed by atoms with Gasteiger partial charge in [-0.1, -0.05) is 12.1 Å². The van der Waals surface area contributed by atoms with Crippen molar-refractivity contribution in [2.45, 2.75) is 12.8 Å². The summed E-state index contributed by atoms with van der Waals surface area (Å²) in [6.45, 7) is 0.701. The Morgan fingerprint density at radius 2 is 2.08 bits per heavy atom. The molecule has 1 heterocycles. The van der Waals surface area contributed by atoms with Gasteiger partial charge in [0.1, 0.15) is 5.75 Å². The highest BCUT2D eigenvalue weighted by atomic mass is 16.5. The third-order valence-electron chi connectivity index (χ3n) is 4.18. The maximum absolute atomic E-state index is 12.2. The predicted octanol–water partition coefficient (Wildman–Crippen LogP) is 2.50. The van der Waals surface area contributed by atoms with Crippen LogP contribution in [0.25, 0.3) is 0 Å². The van der Waals surface area contributed by atoms with Crippen molar-refractivity contribution in [2.24, 2.45) is 0 Å². The molecule has 0 unspecified atom stereocenters. The van der Waals surface area contributed by atoms with Gasteiger partial charge in [0.05, 0.1) is 13.5 Å². The van der Waals surface area contributed by atoms with Crippen LogP contribution in [0.4, 0.5) is 5.69 Å². The first-order chi connectivity index (χ1) is 11.6. The summed E-state index contributed by atoms with van der Waals surface area (Å²) in [5, 5.41) is 2.90. The topological polar surface area (TPSA) is 58.6 Å². The average Bonchev–Trinajstić information content (AvgIpc) is 2.58. The summed E-state index contributed by atoms with van der Waals surface area (Å²) in [5.74, 6) is 0.671. The van der Waals surface area contributed by atoms with Crippen LogP contribution in [0.2, 0.25) is 0 Å². The lowest BCUT2D eigenvalue weighted by atomic mass is 9.98. The highest BCUT2D eigenvalue weighted by Gasteiger charge is 2.21. The van der Waals surface area contributed by atoms with Crippen molar-refractivity contribution in [3.63, 3.8) is 0 Å². The highest BCUT2D eigenvalue weighted by Crippen LogP contribution is 2.22. The number of hydrogen-bond donors (Lipinski definition) is 1. The van der Waals surface area contributed by atoms with Crippen molar-refractivity contribution in [1.82, 2.24) is 4.90 Å². The molecule has 1 aliphatic heterocycles. The van der Waals surface area contributed by atoms with E-state index in [2.05, 4.69) is 5.32 Å². The van der Waals surface area contributed by atoms with Crippen LogP contribution in [-0.2, 0) is 17.6 Å². The number of likely N-dealkylation sites (N-methyl/N-ethyl adjacent to an activating group) is 1. The van der Waals surface area contributed by atoms with E-state index >= 15 is 0 Å². The lowest BCUT2D eigenvalue weighted by molar-refractivity contribution is -0.115. The van der Waals surface area contributed by atoms with Gasteiger partial charge in [-0.3, -0.25) is 9.59 Å². The number of carbonyl (C=O) groups excluding carboxylic acids is 2. The first-order valence-electron chi connectivity index (χ1n) is 7.88. The summed E-state index contributed by atoms with van der Waals surface area (Å²) in [7, 11) is 3.40. The first-order valence-corrected chi connectivity index (χ1v) is 7.88. The third kappa shape index (κ3) is 3.40. The first kappa shape index (κ1) is 16.1. The second-order valence-electron chi connectivity index (χ2n) is 5.93. The number of anilines is 1. The van der Waals surface area contributed by atoms with Crippen molar-refractivity contribution in [2.75, 3.05) is 26.0 Å². The largest absolute Gasteiger partial charge is 0.497 e. The summed E-state index contributed by atoms with van der Waals surface area (Å²) < 4.78 is 5.17. The molecule has 1 aliphatic rings. The van der Waals surface area contributed by atoms with Crippen LogP contribution in [-0.4, -0.2) is 37.4 Å². The van der Waals surface area contributed by atoms with Crippen LogP contribution in [0.3, 0.4) is 0 Å². The Labute approximate surface area is 141 Å². The molecule has 5 nitrogen and oxygen atoms in total. The summed E-state index contributed by atoms with van der Waals surface area (Å²) in [6, 6.07) is 12.9. The van der Waals surface area contributed by atoms with Gasteiger partial charge in [-0.25, -0.2) is 0 Å². The number of nitrogens with zero attached hydrogens (tertiary/aromatic N) is 1. The van der Waals surface area contributed by atoms with E-state index < -0.39 is 0 Å². The molecular weight excluding hydrogens is 304 g/mol. The zero-order valence-electron chi connectivity index (χ0n) is 13.8. The Balaban J connectivity index is 1.70. The minimum atomic E-state index is -0.0949. The lowest BCUT2D eigenvalue weighted by Crippen LogP contribution is -2.34. The lowest BCUT2D eigenvalue weighted by Gasteiger charge is -2.25. The van der Waals surface area contributed by atoms with E-state index in [1.165, 1.54) is 0 Å². The summed E-state index contributed by atoms with van der Waals surface area (Å²) in [4.78, 5) is 26.0. The third-order valence-corrected chi connectivity index (χ3v) is 4.18. The molecule has 2 aromatic carbocycles. The van der Waals surface area contributed by atoms with Gasteiger partial charge in [0.2, 0.25) is 5.91 Å². The molecule has 124 valence electrons. The van der Waals surface area contributed by atoms with Gasteiger partial charge >= 0.3 is 0 Å². The smallest absolute Gasteiger partial charge is 0.253 e. The molecular formula is C19H20N2O3. The molecule has 2 amide bonds. The summed E-state index contributed by atoms with van der Waals surface area (Å²) >= 11 is 0. The second kappa shape index (κ2) is 6.74. The molecule has 0 aromatic heterocycles. The predicted molar refractivity (Wildman–Crippen MR) is 92.4 cm³/mol. The number of amides is 2. The number of rotatable bonds is 4. The average molecular weight is 324 g/mol. The molecule has 5 heteroatoms. The second-order valence-corrected chi connectivity index (χ2v) is 5.93. The van der Waals surface area contributed by atoms with Crippen LogP contribution in [0.1, 0.15) is 21.5 Å². The standard InChI is InChI=1S/C19H20N2O3/c1-21-9-8-14-12-15(6-7-17(14)19(21)23)20-18(22)11-13-4-3-5-16(10-13)24-2/h3-7,10,12H,8-9,11H2,1-2H3,(H,20,22). The van der Waals surface area contributed by atoms with Gasteiger partial charge in [-0.15, -0.1) is 0 Å². The zero-order valence-corrected chi connectivity index (χ0v) is 13.8. The van der Waals surface area contributed by atoms with E-state index in [1.807, 2.05) is 30.3 Å². The van der Waals surface area contributed by atoms with Crippen molar-refractivity contribution in [1.29, 1.82) is 0 Å². The number of ether oxygens (including phenoxy) is 1. The van der Waals surface area contributed by atoms with Crippen LogP contribution in [0.15, 0.2) is 42.5 Å². The number of nitrogens with one attached hydrogen (secondary N) is 1. The van der Waals surface area contributed by atoms with Crippen molar-refractivity contribution in [3.8, 4) is 5.75 Å². The quantitative estimate of drug-likeness (QED) is 0.940. The van der Waals surface area contributed by atoms with Gasteiger partial charge in [0.25, 0.3) is 5.91 Å². The minimum absolute atomic E-state index is 0.0329. The molecule has 24 heavy (non-hydrogen) atoms. The van der Waals surface area contributed by atoms with Crippen LogP contribution in [0.5, 0.6) is 5.75 Å². The summed E-state index contributed by atoms with van der Waals surface area (Å²) in [6.07, 6.45) is 1.08. The molecule has 2 aromatic rings. The van der Waals surface area contributed by atoms with Gasteiger partial charge in [0.15, 0.2) is 0 Å². The minimum Gasteiger partial charge on any atom is -0.497 e. The number of methoxy groups -OCH3 is 1. The molecule has 0 bridgehead atoms. The Morgan fingerprint density at radius 3 is 2.88 bits per heavy atom. The molecule has 0 saturated carbocycles. The van der Waals surface area contributed by atoms with E-state index in [-0.39, 0.29) is 18.2 Å². The molecule has 0 spiro atoms. The summed E-state index contributed by atoms with van der Waals surface area (Å²) in [5.41, 5.74) is 3.31. The SMILES string of the molecule is COc1cccc(CC(=O)Nc2ccc3c(c2)CCN(C)C3=O)c1.